The van der Waals surface area contributed by atoms with Crippen molar-refractivity contribution in [3.05, 3.63) is 17.9 Å². The maximum Gasteiger partial charge on any atom is 0.306 e. The third kappa shape index (κ3) is 3.15. The maximum absolute atomic E-state index is 12.8. The Morgan fingerprint density at radius 3 is 2.70 bits per heavy atom. The summed E-state index contributed by atoms with van der Waals surface area (Å²) in [6.45, 7) is 2.18. The molecular formula is C15H21NO6S. The van der Waals surface area contributed by atoms with Gasteiger partial charge in [0.05, 0.1) is 18.1 Å². The number of carboxylic acids is 1. The molecule has 0 amide bonds. The van der Waals surface area contributed by atoms with Gasteiger partial charge in [-0.15, -0.1) is 0 Å². The number of furan rings is 1. The van der Waals surface area contributed by atoms with Crippen LogP contribution in [0.25, 0.3) is 0 Å². The van der Waals surface area contributed by atoms with Gasteiger partial charge in [0.1, 0.15) is 5.76 Å². The highest BCUT2D eigenvalue weighted by Crippen LogP contribution is 2.41. The van der Waals surface area contributed by atoms with Gasteiger partial charge in [-0.05, 0) is 31.4 Å². The summed E-state index contributed by atoms with van der Waals surface area (Å²) in [4.78, 5) is 11.0. The van der Waals surface area contributed by atoms with Gasteiger partial charge >= 0.3 is 5.97 Å². The lowest BCUT2D eigenvalue weighted by molar-refractivity contribution is -0.183. The van der Waals surface area contributed by atoms with Crippen LogP contribution in [0.2, 0.25) is 0 Å². The fourth-order valence-corrected chi connectivity index (χ4v) is 4.66. The first kappa shape index (κ1) is 16.5. The first-order chi connectivity index (χ1) is 10.8. The van der Waals surface area contributed by atoms with Crippen LogP contribution in [0.5, 0.6) is 0 Å². The predicted molar refractivity (Wildman–Crippen MR) is 80.6 cm³/mol. The second kappa shape index (κ2) is 5.92. The molecular weight excluding hydrogens is 322 g/mol. The van der Waals surface area contributed by atoms with E-state index in [0.717, 1.165) is 19.3 Å². The molecule has 1 spiro atoms. The number of rotatable bonds is 5. The van der Waals surface area contributed by atoms with Crippen LogP contribution in [0, 0.1) is 0 Å². The molecule has 7 nitrogen and oxygen atoms in total. The van der Waals surface area contributed by atoms with E-state index in [1.807, 2.05) is 6.92 Å². The highest BCUT2D eigenvalue weighted by Gasteiger charge is 2.49. The Morgan fingerprint density at radius 1 is 1.43 bits per heavy atom. The Balaban J connectivity index is 1.85. The average Bonchev–Trinajstić information content (AvgIpc) is 2.94. The van der Waals surface area contributed by atoms with Crippen molar-refractivity contribution in [2.24, 2.45) is 0 Å². The van der Waals surface area contributed by atoms with E-state index in [1.54, 1.807) is 6.07 Å². The summed E-state index contributed by atoms with van der Waals surface area (Å²) in [5.41, 5.74) is -0.536. The van der Waals surface area contributed by atoms with Crippen LogP contribution in [-0.4, -0.2) is 48.6 Å². The fourth-order valence-electron chi connectivity index (χ4n) is 3.19. The quantitative estimate of drug-likeness (QED) is 0.873. The van der Waals surface area contributed by atoms with Crippen LogP contribution in [-0.2, 0) is 26.0 Å². The summed E-state index contributed by atoms with van der Waals surface area (Å²) in [6.07, 6.45) is 2.27. The van der Waals surface area contributed by atoms with E-state index in [2.05, 4.69) is 0 Å². The lowest BCUT2D eigenvalue weighted by atomic mass is 9.79. The molecule has 3 rings (SSSR count). The molecule has 2 heterocycles. The van der Waals surface area contributed by atoms with E-state index in [0.29, 0.717) is 12.2 Å². The van der Waals surface area contributed by atoms with Crippen LogP contribution >= 0.6 is 0 Å². The Bertz CT molecular complexity index is 691. The van der Waals surface area contributed by atoms with Gasteiger partial charge in [-0.25, -0.2) is 8.42 Å². The summed E-state index contributed by atoms with van der Waals surface area (Å²) >= 11 is 0. The minimum absolute atomic E-state index is 0.0402. The monoisotopic (exact) mass is 343 g/mol. The van der Waals surface area contributed by atoms with Gasteiger partial charge < -0.3 is 14.3 Å². The topological polar surface area (TPSA) is 97.1 Å². The van der Waals surface area contributed by atoms with Crippen LogP contribution in [0.4, 0.5) is 0 Å². The molecule has 1 aromatic heterocycles. The largest absolute Gasteiger partial charge is 0.481 e. The number of aliphatic carboxylic acids is 1. The van der Waals surface area contributed by atoms with E-state index >= 15 is 0 Å². The molecule has 1 saturated carbocycles. The number of carbonyl (C=O) groups is 1. The van der Waals surface area contributed by atoms with Crippen LogP contribution < -0.4 is 0 Å². The number of nitrogens with zero attached hydrogens (tertiary/aromatic N) is 1. The van der Waals surface area contributed by atoms with Crippen molar-refractivity contribution in [1.29, 1.82) is 0 Å². The number of hydrogen-bond acceptors (Lipinski definition) is 5. The minimum Gasteiger partial charge on any atom is -0.481 e. The van der Waals surface area contributed by atoms with E-state index in [4.69, 9.17) is 14.3 Å². The molecule has 1 unspecified atom stereocenters. The highest BCUT2D eigenvalue weighted by molar-refractivity contribution is 7.89. The van der Waals surface area contributed by atoms with Crippen molar-refractivity contribution in [2.75, 3.05) is 13.1 Å². The molecule has 1 saturated heterocycles. The second-order valence-electron chi connectivity index (χ2n) is 6.25. The number of sulfonamides is 1. The Kier molecular flexibility index (Phi) is 4.24. The third-order valence-electron chi connectivity index (χ3n) is 4.54. The molecule has 0 aromatic carbocycles. The number of hydrogen-bond donors (Lipinski definition) is 1. The molecule has 1 aromatic rings. The van der Waals surface area contributed by atoms with Crippen molar-refractivity contribution < 1.29 is 27.5 Å². The van der Waals surface area contributed by atoms with E-state index < -0.39 is 27.7 Å². The van der Waals surface area contributed by atoms with E-state index in [9.17, 15) is 13.2 Å². The van der Waals surface area contributed by atoms with Crippen LogP contribution in [0.1, 0.15) is 38.4 Å². The van der Waals surface area contributed by atoms with E-state index in [-0.39, 0.29) is 24.6 Å². The van der Waals surface area contributed by atoms with Crippen LogP contribution in [0.15, 0.2) is 21.6 Å². The summed E-state index contributed by atoms with van der Waals surface area (Å²) in [6, 6.07) is 3.12. The van der Waals surface area contributed by atoms with Gasteiger partial charge in [0.25, 0.3) is 10.0 Å². The third-order valence-corrected chi connectivity index (χ3v) is 6.22. The van der Waals surface area contributed by atoms with Gasteiger partial charge in [0.2, 0.25) is 5.09 Å². The van der Waals surface area contributed by atoms with Gasteiger partial charge in [-0.1, -0.05) is 6.92 Å². The maximum atomic E-state index is 12.8. The Labute approximate surface area is 135 Å². The molecule has 1 aliphatic carbocycles. The zero-order chi connectivity index (χ0) is 16.7. The van der Waals surface area contributed by atoms with Gasteiger partial charge in [-0.3, -0.25) is 4.79 Å². The zero-order valence-corrected chi connectivity index (χ0v) is 13.8. The van der Waals surface area contributed by atoms with Crippen molar-refractivity contribution in [1.82, 2.24) is 4.31 Å². The fraction of sp³-hybridized carbons (Fsp3) is 0.667. The summed E-state index contributed by atoms with van der Waals surface area (Å²) in [5.74, 6) is -0.382. The molecule has 0 bridgehead atoms. The molecule has 1 atom stereocenters. The molecule has 1 N–H and O–H groups in total. The summed E-state index contributed by atoms with van der Waals surface area (Å²) in [7, 11) is -3.77. The van der Waals surface area contributed by atoms with Gasteiger partial charge in [-0.2, -0.15) is 4.31 Å². The van der Waals surface area contributed by atoms with Crippen LogP contribution in [0.3, 0.4) is 0 Å². The zero-order valence-electron chi connectivity index (χ0n) is 13.0. The SMILES string of the molecule is CCc1ccc(S(=O)(=O)N2CC(CC(=O)O)OC3(CCC3)C2)o1. The molecule has 128 valence electrons. The normalized spacial score (nSPS) is 24.5. The summed E-state index contributed by atoms with van der Waals surface area (Å²) < 4.78 is 38.2. The van der Waals surface area contributed by atoms with E-state index in [1.165, 1.54) is 10.4 Å². The first-order valence-electron chi connectivity index (χ1n) is 7.83. The van der Waals surface area contributed by atoms with Gasteiger partial charge in [0, 0.05) is 19.5 Å². The molecule has 2 aliphatic rings. The second-order valence-corrected chi connectivity index (χ2v) is 8.12. The molecule has 0 radical (unpaired) electrons. The minimum atomic E-state index is -3.77. The lowest BCUT2D eigenvalue weighted by Gasteiger charge is -2.50. The van der Waals surface area contributed by atoms with Crippen molar-refractivity contribution in [2.45, 2.75) is 55.8 Å². The molecule has 23 heavy (non-hydrogen) atoms. The standard InChI is InChI=1S/C15H21NO6S/c1-2-11-4-5-14(21-11)23(19,20)16-9-12(8-13(17)18)22-15(10-16)6-3-7-15/h4-5,12H,2-3,6-10H2,1H3,(H,17,18). The number of aryl methyl sites for hydroxylation is 1. The first-order valence-corrected chi connectivity index (χ1v) is 9.27. The van der Waals surface area contributed by atoms with Crippen molar-refractivity contribution in [3.8, 4) is 0 Å². The summed E-state index contributed by atoms with van der Waals surface area (Å²) in [5, 5.41) is 8.92. The van der Waals surface area contributed by atoms with Crippen molar-refractivity contribution >= 4 is 16.0 Å². The van der Waals surface area contributed by atoms with Crippen molar-refractivity contribution in [3.63, 3.8) is 0 Å². The molecule has 1 aliphatic heterocycles. The Hall–Kier alpha value is -1.38. The molecule has 2 fully saturated rings. The highest BCUT2D eigenvalue weighted by atomic mass is 32.2. The number of ether oxygens (including phenoxy) is 1. The predicted octanol–water partition coefficient (Wildman–Crippen LogP) is 1.63. The lowest BCUT2D eigenvalue weighted by Crippen LogP contribution is -2.60. The number of carboxylic acid groups (broad SMARTS) is 1. The number of morpholine rings is 1. The smallest absolute Gasteiger partial charge is 0.306 e. The Morgan fingerprint density at radius 2 is 2.17 bits per heavy atom. The average molecular weight is 343 g/mol. The van der Waals surface area contributed by atoms with Gasteiger partial charge in [0.15, 0.2) is 0 Å². The molecule has 8 heteroatoms.